The second kappa shape index (κ2) is 9.51. The number of nitrogens with zero attached hydrogens (tertiary/aromatic N) is 3. The minimum Gasteiger partial charge on any atom is -0.497 e. The zero-order valence-corrected chi connectivity index (χ0v) is 18.2. The maximum atomic E-state index is 13.1. The van der Waals surface area contributed by atoms with E-state index in [0.717, 1.165) is 23.4 Å². The van der Waals surface area contributed by atoms with Crippen LogP contribution in [0.2, 0.25) is 0 Å². The molecule has 1 atom stereocenters. The highest BCUT2D eigenvalue weighted by atomic mass is 16.5. The minimum absolute atomic E-state index is 0.0138. The number of hydrogen-bond donors (Lipinski definition) is 1. The van der Waals surface area contributed by atoms with Gasteiger partial charge in [-0.3, -0.25) is 9.59 Å². The quantitative estimate of drug-likeness (QED) is 0.767. The average Bonchev–Trinajstić information content (AvgIpc) is 3.25. The Kier molecular flexibility index (Phi) is 6.56. The number of likely N-dealkylation sites (tertiary alicyclic amines) is 1. The monoisotopic (exact) mass is 426 g/mol. The summed E-state index contributed by atoms with van der Waals surface area (Å²) in [4.78, 5) is 31.5. The first-order chi connectivity index (χ1) is 15.1. The van der Waals surface area contributed by atoms with Crippen LogP contribution in [0.3, 0.4) is 0 Å². The average molecular weight is 427 g/mol. The number of benzene rings is 1. The number of methoxy groups -OCH3 is 1. The Balaban J connectivity index is 1.37. The molecule has 0 aliphatic carbocycles. The summed E-state index contributed by atoms with van der Waals surface area (Å²) in [6, 6.07) is 7.84. The SMILES string of the molecule is CCCNC(=O)C1CCN(C(=O)c2ncn3c2COC(c2ccc(OC)cc2)C3)CC1. The van der Waals surface area contributed by atoms with Crippen molar-refractivity contribution < 1.29 is 19.1 Å². The van der Waals surface area contributed by atoms with Crippen molar-refractivity contribution in [3.05, 3.63) is 47.5 Å². The summed E-state index contributed by atoms with van der Waals surface area (Å²) in [6.07, 6.45) is 3.94. The van der Waals surface area contributed by atoms with E-state index in [1.54, 1.807) is 13.4 Å². The summed E-state index contributed by atoms with van der Waals surface area (Å²) in [7, 11) is 1.64. The number of carbonyl (C=O) groups excluding carboxylic acids is 2. The number of piperidine rings is 1. The zero-order valence-electron chi connectivity index (χ0n) is 18.2. The molecule has 31 heavy (non-hydrogen) atoms. The van der Waals surface area contributed by atoms with E-state index < -0.39 is 0 Å². The minimum atomic E-state index is -0.0899. The molecular weight excluding hydrogens is 396 g/mol. The smallest absolute Gasteiger partial charge is 0.274 e. The highest BCUT2D eigenvalue weighted by Crippen LogP contribution is 2.29. The number of nitrogens with one attached hydrogen (secondary N) is 1. The molecule has 1 aromatic carbocycles. The molecule has 3 heterocycles. The van der Waals surface area contributed by atoms with Crippen molar-refractivity contribution in [1.82, 2.24) is 19.8 Å². The Bertz CT molecular complexity index is 916. The molecule has 1 unspecified atom stereocenters. The molecule has 2 aliphatic rings. The number of hydrogen-bond acceptors (Lipinski definition) is 5. The number of ether oxygens (including phenoxy) is 2. The molecular formula is C23H30N4O4. The van der Waals surface area contributed by atoms with Gasteiger partial charge in [0.15, 0.2) is 5.69 Å². The van der Waals surface area contributed by atoms with E-state index in [1.807, 2.05) is 40.7 Å². The van der Waals surface area contributed by atoms with Crippen molar-refractivity contribution >= 4 is 11.8 Å². The number of fused-ring (bicyclic) bond motifs is 1. The van der Waals surface area contributed by atoms with Crippen molar-refractivity contribution in [1.29, 1.82) is 0 Å². The summed E-state index contributed by atoms with van der Waals surface area (Å²) in [5, 5.41) is 2.96. The lowest BCUT2D eigenvalue weighted by Crippen LogP contribution is -2.43. The van der Waals surface area contributed by atoms with Gasteiger partial charge in [-0.2, -0.15) is 0 Å². The number of aromatic nitrogens is 2. The molecule has 0 spiro atoms. The molecule has 1 N–H and O–H groups in total. The Morgan fingerprint density at radius 2 is 1.97 bits per heavy atom. The Morgan fingerprint density at radius 1 is 1.23 bits per heavy atom. The van der Waals surface area contributed by atoms with E-state index in [4.69, 9.17) is 9.47 Å². The molecule has 0 radical (unpaired) electrons. The topological polar surface area (TPSA) is 85.7 Å². The first-order valence-electron chi connectivity index (χ1n) is 11.0. The van der Waals surface area contributed by atoms with Gasteiger partial charge in [0.25, 0.3) is 5.91 Å². The highest BCUT2D eigenvalue weighted by molar-refractivity contribution is 5.93. The number of amides is 2. The van der Waals surface area contributed by atoms with E-state index in [-0.39, 0.29) is 23.8 Å². The van der Waals surface area contributed by atoms with Crippen LogP contribution >= 0.6 is 0 Å². The van der Waals surface area contributed by atoms with Gasteiger partial charge in [-0.15, -0.1) is 0 Å². The van der Waals surface area contributed by atoms with Crippen LogP contribution in [0.5, 0.6) is 5.75 Å². The van der Waals surface area contributed by atoms with Crippen LogP contribution in [-0.4, -0.2) is 53.0 Å². The Hall–Kier alpha value is -2.87. The lowest BCUT2D eigenvalue weighted by Gasteiger charge is -2.31. The molecule has 1 fully saturated rings. The third-order valence-electron chi connectivity index (χ3n) is 6.12. The lowest BCUT2D eigenvalue weighted by atomic mass is 9.95. The molecule has 8 nitrogen and oxygen atoms in total. The highest BCUT2D eigenvalue weighted by Gasteiger charge is 2.32. The lowest BCUT2D eigenvalue weighted by molar-refractivity contribution is -0.126. The number of rotatable bonds is 6. The van der Waals surface area contributed by atoms with Gasteiger partial charge in [0.2, 0.25) is 5.91 Å². The maximum absolute atomic E-state index is 13.1. The second-order valence-electron chi connectivity index (χ2n) is 8.12. The standard InChI is InChI=1S/C23H30N4O4/c1-3-10-24-22(28)17-8-11-26(12-9-17)23(29)21-19-14-31-20(13-27(19)15-25-21)16-4-6-18(30-2)7-5-16/h4-7,15,17,20H,3,8-14H2,1-2H3,(H,24,28). The molecule has 0 saturated carbocycles. The second-order valence-corrected chi connectivity index (χ2v) is 8.12. The van der Waals surface area contributed by atoms with Crippen molar-refractivity contribution in [3.63, 3.8) is 0 Å². The van der Waals surface area contributed by atoms with E-state index in [0.29, 0.717) is 51.3 Å². The number of carbonyl (C=O) groups is 2. The first kappa shape index (κ1) is 21.4. The van der Waals surface area contributed by atoms with Gasteiger partial charge in [-0.1, -0.05) is 19.1 Å². The van der Waals surface area contributed by atoms with Gasteiger partial charge in [0.05, 0.1) is 32.3 Å². The molecule has 2 aliphatic heterocycles. The third-order valence-corrected chi connectivity index (χ3v) is 6.12. The third kappa shape index (κ3) is 4.58. The van der Waals surface area contributed by atoms with Crippen molar-refractivity contribution in [2.24, 2.45) is 5.92 Å². The molecule has 8 heteroatoms. The largest absolute Gasteiger partial charge is 0.497 e. The van der Waals surface area contributed by atoms with Gasteiger partial charge in [-0.05, 0) is 37.0 Å². The van der Waals surface area contributed by atoms with Crippen LogP contribution in [0, 0.1) is 5.92 Å². The summed E-state index contributed by atoms with van der Waals surface area (Å²) in [5.74, 6) is 0.821. The maximum Gasteiger partial charge on any atom is 0.274 e. The fourth-order valence-corrected chi connectivity index (χ4v) is 4.21. The fourth-order valence-electron chi connectivity index (χ4n) is 4.21. The van der Waals surface area contributed by atoms with E-state index >= 15 is 0 Å². The normalized spacial score (nSPS) is 19.0. The van der Waals surface area contributed by atoms with E-state index in [2.05, 4.69) is 10.3 Å². The summed E-state index contributed by atoms with van der Waals surface area (Å²) < 4.78 is 13.3. The van der Waals surface area contributed by atoms with Gasteiger partial charge in [0.1, 0.15) is 11.9 Å². The first-order valence-corrected chi connectivity index (χ1v) is 11.0. The summed E-state index contributed by atoms with van der Waals surface area (Å²) in [5.41, 5.74) is 2.34. The van der Waals surface area contributed by atoms with Crippen LogP contribution in [0.25, 0.3) is 0 Å². The molecule has 1 aromatic heterocycles. The predicted molar refractivity (Wildman–Crippen MR) is 115 cm³/mol. The van der Waals surface area contributed by atoms with Gasteiger partial charge in [-0.25, -0.2) is 4.98 Å². The molecule has 2 aromatic rings. The van der Waals surface area contributed by atoms with Crippen molar-refractivity contribution in [2.45, 2.75) is 45.4 Å². The van der Waals surface area contributed by atoms with Crippen LogP contribution in [0.15, 0.2) is 30.6 Å². The van der Waals surface area contributed by atoms with Crippen molar-refractivity contribution in [3.8, 4) is 5.75 Å². The molecule has 4 rings (SSSR count). The number of imidazole rings is 1. The van der Waals surface area contributed by atoms with E-state index in [1.165, 1.54) is 0 Å². The zero-order chi connectivity index (χ0) is 21.8. The Morgan fingerprint density at radius 3 is 2.65 bits per heavy atom. The predicted octanol–water partition coefficient (Wildman–Crippen LogP) is 2.54. The fraction of sp³-hybridized carbons (Fsp3) is 0.522. The van der Waals surface area contributed by atoms with Crippen LogP contribution < -0.4 is 10.1 Å². The van der Waals surface area contributed by atoms with Crippen LogP contribution in [0.1, 0.15) is 54.0 Å². The van der Waals surface area contributed by atoms with Gasteiger partial charge >= 0.3 is 0 Å². The molecule has 2 amide bonds. The molecule has 1 saturated heterocycles. The van der Waals surface area contributed by atoms with Gasteiger partial charge < -0.3 is 24.3 Å². The van der Waals surface area contributed by atoms with Gasteiger partial charge in [0, 0.05) is 25.6 Å². The summed E-state index contributed by atoms with van der Waals surface area (Å²) in [6.45, 7) is 4.84. The van der Waals surface area contributed by atoms with E-state index in [9.17, 15) is 9.59 Å². The Labute approximate surface area is 182 Å². The van der Waals surface area contributed by atoms with Crippen molar-refractivity contribution in [2.75, 3.05) is 26.7 Å². The molecule has 166 valence electrons. The van der Waals surface area contributed by atoms with Crippen LogP contribution in [0.4, 0.5) is 0 Å². The molecule has 0 bridgehead atoms. The van der Waals surface area contributed by atoms with Crippen LogP contribution in [-0.2, 0) is 22.7 Å². The summed E-state index contributed by atoms with van der Waals surface area (Å²) >= 11 is 0.